The van der Waals surface area contributed by atoms with Crippen LogP contribution in [0, 0.1) is 0 Å². The summed E-state index contributed by atoms with van der Waals surface area (Å²) in [6.45, 7) is -0.266. The van der Waals surface area contributed by atoms with E-state index in [9.17, 15) is 123 Å². The maximum atomic E-state index is 14.2. The van der Waals surface area contributed by atoms with E-state index in [0.29, 0.717) is 5.56 Å². The van der Waals surface area contributed by atoms with Crippen LogP contribution in [-0.4, -0.2) is 23.3 Å². The molecule has 416 valence electrons. The Labute approximate surface area is 411 Å². The number of hydrogen-bond acceptors (Lipinski definition) is 3. The number of benzene rings is 5. The lowest BCUT2D eigenvalue weighted by Gasteiger charge is -2.46. The summed E-state index contributed by atoms with van der Waals surface area (Å²) in [6.07, 6.45) is -56.2. The summed E-state index contributed by atoms with van der Waals surface area (Å²) in [4.78, 5) is 15.5. The number of Topliss-reactive ketones (excluding diaryl/α,β-unsaturated/α-hetero) is 1. The van der Waals surface area contributed by atoms with Crippen LogP contribution < -0.4 is 31.2 Å². The van der Waals surface area contributed by atoms with Gasteiger partial charge in [-0.1, -0.05) is 78.9 Å². The van der Waals surface area contributed by atoms with Crippen LogP contribution in [0.4, 0.5) is 119 Å². The minimum atomic E-state index is -6.13. The SMILES string of the molecule is FC(F)(F)c1cc([B-](c2cc(C(F)(F)F)cc(C(F)(F)F)c2)(c2cc(C(F)(F)F)cc(C(F)(F)F)c2)c2cc(C(F)(F)F)cc(C(F)(F)F)c2)cc(C(F)(F)F)c1.O=C(C[n+]1ccncc1OC(F)(F)F)c1ccccc1. The number of ether oxygens (including phenoxy) is 1. The van der Waals surface area contributed by atoms with Gasteiger partial charge in [0.15, 0.2) is 6.20 Å². The highest BCUT2D eigenvalue weighted by Gasteiger charge is 2.47. The molecule has 5 aromatic carbocycles. The normalized spacial score (nSPS) is 13.5. The Balaban J connectivity index is 0.000000455. The summed E-state index contributed by atoms with van der Waals surface area (Å²) in [5.74, 6) is -0.863. The van der Waals surface area contributed by atoms with Gasteiger partial charge in [0.05, 0.1) is 50.7 Å². The molecule has 0 aliphatic heterocycles. The van der Waals surface area contributed by atoms with Crippen LogP contribution in [0.1, 0.15) is 54.9 Å². The average Bonchev–Trinajstić information content (AvgIpc) is 3.27. The molecule has 6 rings (SSSR count). The summed E-state index contributed by atoms with van der Waals surface area (Å²) in [5.41, 5.74) is -29.8. The summed E-state index contributed by atoms with van der Waals surface area (Å²) in [7, 11) is 0. The van der Waals surface area contributed by atoms with E-state index in [1.165, 1.54) is 12.4 Å². The van der Waals surface area contributed by atoms with Gasteiger partial charge in [-0.05, 0) is 24.3 Å². The number of ketones is 1. The van der Waals surface area contributed by atoms with Crippen molar-refractivity contribution in [2.75, 3.05) is 0 Å². The molecule has 0 amide bonds. The molecule has 1 heterocycles. The minimum Gasteiger partial charge on any atom is -0.349 e. The van der Waals surface area contributed by atoms with Gasteiger partial charge in [-0.15, -0.1) is 13.2 Å². The van der Waals surface area contributed by atoms with E-state index in [1.807, 2.05) is 0 Å². The third kappa shape index (κ3) is 14.7. The van der Waals surface area contributed by atoms with Gasteiger partial charge in [0, 0.05) is 5.56 Å². The molecule has 0 N–H and O–H groups in total. The number of carbonyl (C=O) groups is 1. The van der Waals surface area contributed by atoms with Gasteiger partial charge in [0.25, 0.3) is 0 Å². The molecule has 0 aliphatic rings. The molecule has 0 saturated carbocycles. The lowest BCUT2D eigenvalue weighted by atomic mass is 9.12. The number of halogens is 27. The van der Waals surface area contributed by atoms with Crippen LogP contribution in [-0.2, 0) is 56.0 Å². The van der Waals surface area contributed by atoms with Gasteiger partial charge in [0.1, 0.15) is 12.3 Å². The highest BCUT2D eigenvalue weighted by molar-refractivity contribution is 7.20. The Bertz CT molecular complexity index is 2650. The molecule has 0 bridgehead atoms. The van der Waals surface area contributed by atoms with Gasteiger partial charge in [-0.2, -0.15) is 132 Å². The summed E-state index contributed by atoms with van der Waals surface area (Å²) in [5, 5.41) is 0. The zero-order chi connectivity index (χ0) is 58.5. The Morgan fingerprint density at radius 2 is 0.662 bits per heavy atom. The maximum Gasteiger partial charge on any atom is 0.577 e. The first kappa shape index (κ1) is 60.7. The van der Waals surface area contributed by atoms with E-state index in [2.05, 4.69) is 9.72 Å². The third-order valence-corrected chi connectivity index (χ3v) is 10.9. The zero-order valence-corrected chi connectivity index (χ0v) is 36.7. The smallest absolute Gasteiger partial charge is 0.349 e. The van der Waals surface area contributed by atoms with Gasteiger partial charge in [0.2, 0.25) is 12.3 Å². The minimum absolute atomic E-state index is 0.266. The van der Waals surface area contributed by atoms with Crippen molar-refractivity contribution in [3.8, 4) is 5.88 Å². The first-order valence-corrected chi connectivity index (χ1v) is 20.2. The molecule has 6 aromatic rings. The van der Waals surface area contributed by atoms with Crippen molar-refractivity contribution in [3.05, 3.63) is 172 Å². The van der Waals surface area contributed by atoms with Gasteiger partial charge < -0.3 is 4.74 Å². The number of hydrogen-bond donors (Lipinski definition) is 0. The second kappa shape index (κ2) is 20.6. The fourth-order valence-corrected chi connectivity index (χ4v) is 7.65. The Hall–Kier alpha value is -7.18. The highest BCUT2D eigenvalue weighted by atomic mass is 19.4. The lowest BCUT2D eigenvalue weighted by Crippen LogP contribution is -2.75. The predicted octanol–water partition coefficient (Wildman–Crippen LogP) is 13.4. The second-order valence-corrected chi connectivity index (χ2v) is 16.1. The van der Waals surface area contributed by atoms with E-state index in [4.69, 9.17) is 0 Å². The summed E-state index contributed by atoms with van der Waals surface area (Å²) < 4.78 is 382. The van der Waals surface area contributed by atoms with Crippen molar-refractivity contribution in [1.29, 1.82) is 0 Å². The van der Waals surface area contributed by atoms with Crippen molar-refractivity contribution in [2.24, 2.45) is 0 Å². The molecule has 0 radical (unpaired) electrons. The van der Waals surface area contributed by atoms with Crippen molar-refractivity contribution >= 4 is 33.8 Å². The van der Waals surface area contributed by atoms with Crippen LogP contribution in [0.5, 0.6) is 5.88 Å². The monoisotopic (exact) mass is 1150 g/mol. The first-order chi connectivity index (χ1) is 34.7. The molecule has 0 spiro atoms. The van der Waals surface area contributed by atoms with Crippen molar-refractivity contribution < 1.29 is 133 Å². The maximum absolute atomic E-state index is 14.2. The predicted molar refractivity (Wildman–Crippen MR) is 212 cm³/mol. The number of alkyl halides is 27. The van der Waals surface area contributed by atoms with Crippen molar-refractivity contribution in [3.63, 3.8) is 0 Å². The van der Waals surface area contributed by atoms with E-state index in [-0.39, 0.29) is 12.3 Å². The Morgan fingerprint density at radius 3 is 0.896 bits per heavy atom. The highest BCUT2D eigenvalue weighted by Crippen LogP contribution is 2.41. The van der Waals surface area contributed by atoms with E-state index in [1.54, 1.807) is 30.3 Å². The van der Waals surface area contributed by atoms with Gasteiger partial charge in [-0.25, -0.2) is 4.98 Å². The van der Waals surface area contributed by atoms with E-state index < -0.39 is 207 Å². The molecule has 1 aromatic heterocycles. The van der Waals surface area contributed by atoms with Crippen LogP contribution in [0.2, 0.25) is 0 Å². The average molecular weight is 1150 g/mol. The molecule has 0 unspecified atom stereocenters. The van der Waals surface area contributed by atoms with E-state index in [0.717, 1.165) is 10.8 Å². The number of carbonyl (C=O) groups excluding carboxylic acids is 1. The molecular formula is C45H22BF27N2O2. The van der Waals surface area contributed by atoms with Crippen LogP contribution in [0.25, 0.3) is 0 Å². The van der Waals surface area contributed by atoms with Crippen LogP contribution in [0.3, 0.4) is 0 Å². The molecule has 0 atom stereocenters. The summed E-state index contributed by atoms with van der Waals surface area (Å²) >= 11 is 0. The van der Waals surface area contributed by atoms with Crippen molar-refractivity contribution in [1.82, 2.24) is 4.98 Å². The number of nitrogens with zero attached hydrogens (tertiary/aromatic N) is 2. The Morgan fingerprint density at radius 1 is 0.403 bits per heavy atom. The van der Waals surface area contributed by atoms with Crippen LogP contribution >= 0.6 is 0 Å². The van der Waals surface area contributed by atoms with Gasteiger partial charge >= 0.3 is 61.7 Å². The molecule has 32 heteroatoms. The number of aromatic nitrogens is 2. The largest absolute Gasteiger partial charge is 0.577 e. The topological polar surface area (TPSA) is 43.1 Å². The quantitative estimate of drug-likeness (QED) is 0.0660. The van der Waals surface area contributed by atoms with Crippen molar-refractivity contribution in [2.45, 2.75) is 62.3 Å². The van der Waals surface area contributed by atoms with Crippen LogP contribution in [0.15, 0.2) is 122 Å². The molecule has 4 nitrogen and oxygen atoms in total. The fraction of sp³-hybridized carbons (Fsp3) is 0.222. The van der Waals surface area contributed by atoms with Gasteiger partial charge in [-0.3, -0.25) is 4.79 Å². The molecule has 77 heavy (non-hydrogen) atoms. The number of rotatable bonds is 8. The summed E-state index contributed by atoms with van der Waals surface area (Å²) in [6, 6.07) is -0.526. The third-order valence-electron chi connectivity index (χ3n) is 10.9. The molecule has 0 fully saturated rings. The van der Waals surface area contributed by atoms with E-state index >= 15 is 0 Å². The Kier molecular flexibility index (Phi) is 16.3. The first-order valence-electron chi connectivity index (χ1n) is 20.2. The molecule has 0 saturated heterocycles. The standard InChI is InChI=1S/C32H12BF24.C13H10F3N2O2/c34-25(35,36)13-1-14(26(37,38)39)6-21(5-13)33(22-7-15(27(40,41)42)2-16(8-22)28(43,44)45,23-9-17(29(46,47)48)3-18(10-23)30(49,50)51)24-11-19(31(52,53)54)4-20(12-24)32(55,56)57;14-13(15,16)20-12-8-17-6-7-18(12)9-11(19)10-4-2-1-3-5-10/h1-12H;1-8H,9H2/q-1;+1. The zero-order valence-electron chi connectivity index (χ0n) is 36.7. The molecular weight excluding hydrogens is 1120 g/mol. The second-order valence-electron chi connectivity index (χ2n) is 16.1. The molecule has 0 aliphatic carbocycles. The lowest BCUT2D eigenvalue weighted by molar-refractivity contribution is -0.693. The fourth-order valence-electron chi connectivity index (χ4n) is 7.65.